The number of hydrogen-bond donors (Lipinski definition) is 1. The summed E-state index contributed by atoms with van der Waals surface area (Å²) < 4.78 is 5.75. The van der Waals surface area contributed by atoms with Gasteiger partial charge in [0, 0.05) is 25.2 Å². The van der Waals surface area contributed by atoms with E-state index in [-0.39, 0.29) is 6.09 Å². The number of carbonyl (C=O) groups excluding carboxylic acids is 1. The third kappa shape index (κ3) is 4.05. The average molecular weight is 329 g/mol. The van der Waals surface area contributed by atoms with Gasteiger partial charge in [-0.1, -0.05) is 0 Å². The summed E-state index contributed by atoms with van der Waals surface area (Å²) >= 11 is 3.31. The quantitative estimate of drug-likeness (QED) is 0.862. The molecule has 6 nitrogen and oxygen atoms in total. The van der Waals surface area contributed by atoms with Crippen molar-refractivity contribution in [2.45, 2.75) is 25.8 Å². The summed E-state index contributed by atoms with van der Waals surface area (Å²) in [6.45, 7) is 3.66. The number of aromatic nitrogens is 2. The van der Waals surface area contributed by atoms with Gasteiger partial charge in [0.25, 0.3) is 0 Å². The number of carbonyl (C=O) groups is 1. The Labute approximate surface area is 120 Å². The Morgan fingerprint density at radius 3 is 2.89 bits per heavy atom. The molecule has 1 N–H and O–H groups in total. The molecule has 1 saturated heterocycles. The first-order valence-corrected chi connectivity index (χ1v) is 7.14. The van der Waals surface area contributed by atoms with E-state index in [4.69, 9.17) is 4.74 Å². The summed E-state index contributed by atoms with van der Waals surface area (Å²) in [6, 6.07) is 2.17. The number of likely N-dealkylation sites (tertiary alicyclic amines) is 1. The summed E-state index contributed by atoms with van der Waals surface area (Å²) in [4.78, 5) is 21.5. The fraction of sp³-hybridized carbons (Fsp3) is 0.583. The lowest BCUT2D eigenvalue weighted by molar-refractivity contribution is 0.0983. The van der Waals surface area contributed by atoms with E-state index in [9.17, 15) is 4.79 Å². The minimum atomic E-state index is -0.217. The van der Waals surface area contributed by atoms with E-state index in [1.807, 2.05) is 13.0 Å². The van der Waals surface area contributed by atoms with Gasteiger partial charge >= 0.3 is 6.09 Å². The normalized spacial score (nSPS) is 16.2. The van der Waals surface area contributed by atoms with Crippen LogP contribution in [0, 0.1) is 0 Å². The van der Waals surface area contributed by atoms with Gasteiger partial charge < -0.3 is 15.0 Å². The Morgan fingerprint density at radius 2 is 2.26 bits per heavy atom. The van der Waals surface area contributed by atoms with Crippen LogP contribution in [-0.4, -0.2) is 46.7 Å². The summed E-state index contributed by atoms with van der Waals surface area (Å²) in [7, 11) is 0. The lowest BCUT2D eigenvalue weighted by Crippen LogP contribution is -2.42. The number of hydrogen-bond acceptors (Lipinski definition) is 5. The SMILES string of the molecule is CCOC(=O)N1CCC(Nc2cc(Br)ncn2)CC1. The van der Waals surface area contributed by atoms with Gasteiger partial charge in [-0.25, -0.2) is 14.8 Å². The molecule has 1 aliphatic rings. The highest BCUT2D eigenvalue weighted by molar-refractivity contribution is 9.10. The first-order valence-electron chi connectivity index (χ1n) is 6.35. The molecule has 0 radical (unpaired) electrons. The predicted molar refractivity (Wildman–Crippen MR) is 75.0 cm³/mol. The van der Waals surface area contributed by atoms with Crippen molar-refractivity contribution in [2.75, 3.05) is 25.0 Å². The fourth-order valence-corrected chi connectivity index (χ4v) is 2.35. The molecule has 19 heavy (non-hydrogen) atoms. The van der Waals surface area contributed by atoms with Crippen LogP contribution in [0.15, 0.2) is 17.0 Å². The molecule has 1 aromatic heterocycles. The zero-order chi connectivity index (χ0) is 13.7. The first kappa shape index (κ1) is 14.0. The molecule has 0 spiro atoms. The van der Waals surface area contributed by atoms with E-state index in [2.05, 4.69) is 31.2 Å². The van der Waals surface area contributed by atoms with Crippen LogP contribution in [0.25, 0.3) is 0 Å². The number of anilines is 1. The molecule has 7 heteroatoms. The third-order valence-electron chi connectivity index (χ3n) is 3.01. The molecule has 1 aliphatic heterocycles. The molecule has 0 bridgehead atoms. The molecule has 0 aliphatic carbocycles. The van der Waals surface area contributed by atoms with E-state index in [0.717, 1.165) is 23.3 Å². The molecule has 1 amide bonds. The first-order chi connectivity index (χ1) is 9.19. The smallest absolute Gasteiger partial charge is 0.409 e. The summed E-state index contributed by atoms with van der Waals surface area (Å²) in [5, 5.41) is 3.35. The summed E-state index contributed by atoms with van der Waals surface area (Å²) in [5.74, 6) is 0.802. The van der Waals surface area contributed by atoms with Crippen LogP contribution in [0.1, 0.15) is 19.8 Å². The number of halogens is 1. The fourth-order valence-electron chi connectivity index (χ4n) is 2.04. The zero-order valence-corrected chi connectivity index (χ0v) is 12.4. The predicted octanol–water partition coefficient (Wildman–Crippen LogP) is 2.27. The number of piperidine rings is 1. The second kappa shape index (κ2) is 6.70. The van der Waals surface area contributed by atoms with Crippen molar-refractivity contribution < 1.29 is 9.53 Å². The van der Waals surface area contributed by atoms with Crippen molar-refractivity contribution >= 4 is 27.8 Å². The Balaban J connectivity index is 1.82. The average Bonchev–Trinajstić information content (AvgIpc) is 2.40. The molecule has 1 aromatic rings. The van der Waals surface area contributed by atoms with E-state index < -0.39 is 0 Å². The van der Waals surface area contributed by atoms with E-state index in [1.165, 1.54) is 6.33 Å². The van der Waals surface area contributed by atoms with Gasteiger partial charge in [0.05, 0.1) is 6.61 Å². The Hall–Kier alpha value is -1.37. The molecule has 2 rings (SSSR count). The number of amides is 1. The molecule has 104 valence electrons. The van der Waals surface area contributed by atoms with Crippen molar-refractivity contribution in [1.82, 2.24) is 14.9 Å². The minimum Gasteiger partial charge on any atom is -0.450 e. The van der Waals surface area contributed by atoms with E-state index >= 15 is 0 Å². The van der Waals surface area contributed by atoms with Gasteiger partial charge in [-0.05, 0) is 35.7 Å². The highest BCUT2D eigenvalue weighted by atomic mass is 79.9. The van der Waals surface area contributed by atoms with Crippen LogP contribution < -0.4 is 5.32 Å². The molecular weight excluding hydrogens is 312 g/mol. The van der Waals surface area contributed by atoms with Gasteiger partial charge in [-0.3, -0.25) is 0 Å². The second-order valence-electron chi connectivity index (χ2n) is 4.33. The maximum absolute atomic E-state index is 11.6. The van der Waals surface area contributed by atoms with E-state index in [1.54, 1.807) is 4.90 Å². The standard InChI is InChI=1S/C12H17BrN4O2/c1-2-19-12(18)17-5-3-9(4-6-17)16-11-7-10(13)14-8-15-11/h7-9H,2-6H2,1H3,(H,14,15,16). The number of nitrogens with zero attached hydrogens (tertiary/aromatic N) is 3. The largest absolute Gasteiger partial charge is 0.450 e. The maximum atomic E-state index is 11.6. The molecule has 0 atom stereocenters. The van der Waals surface area contributed by atoms with Crippen LogP contribution in [0.2, 0.25) is 0 Å². The van der Waals surface area contributed by atoms with Gasteiger partial charge in [0.1, 0.15) is 16.7 Å². The lowest BCUT2D eigenvalue weighted by atomic mass is 10.1. The Kier molecular flexibility index (Phi) is 4.95. The molecular formula is C12H17BrN4O2. The van der Waals surface area contributed by atoms with Crippen molar-refractivity contribution in [3.8, 4) is 0 Å². The maximum Gasteiger partial charge on any atom is 0.409 e. The summed E-state index contributed by atoms with van der Waals surface area (Å²) in [6.07, 6.45) is 3.08. The highest BCUT2D eigenvalue weighted by Gasteiger charge is 2.23. The van der Waals surface area contributed by atoms with Gasteiger partial charge in [-0.15, -0.1) is 0 Å². The van der Waals surface area contributed by atoms with Crippen molar-refractivity contribution in [1.29, 1.82) is 0 Å². The van der Waals surface area contributed by atoms with Crippen LogP contribution in [0.5, 0.6) is 0 Å². The van der Waals surface area contributed by atoms with Crippen molar-refractivity contribution in [3.63, 3.8) is 0 Å². The minimum absolute atomic E-state index is 0.217. The van der Waals surface area contributed by atoms with Crippen LogP contribution >= 0.6 is 15.9 Å². The third-order valence-corrected chi connectivity index (χ3v) is 3.44. The van der Waals surface area contributed by atoms with E-state index in [0.29, 0.717) is 25.7 Å². The molecule has 0 aromatic carbocycles. The molecule has 0 saturated carbocycles. The van der Waals surface area contributed by atoms with Crippen LogP contribution in [0.4, 0.5) is 10.6 Å². The summed E-state index contributed by atoms with van der Waals surface area (Å²) in [5.41, 5.74) is 0. The van der Waals surface area contributed by atoms with Gasteiger partial charge in [0.15, 0.2) is 0 Å². The lowest BCUT2D eigenvalue weighted by Gasteiger charge is -2.31. The molecule has 0 unspecified atom stereocenters. The van der Waals surface area contributed by atoms with Crippen LogP contribution in [-0.2, 0) is 4.74 Å². The number of nitrogens with one attached hydrogen (secondary N) is 1. The monoisotopic (exact) mass is 328 g/mol. The van der Waals surface area contributed by atoms with Crippen LogP contribution in [0.3, 0.4) is 0 Å². The van der Waals surface area contributed by atoms with Crippen molar-refractivity contribution in [2.24, 2.45) is 0 Å². The Morgan fingerprint density at radius 1 is 1.53 bits per heavy atom. The molecule has 1 fully saturated rings. The number of rotatable bonds is 3. The topological polar surface area (TPSA) is 67.3 Å². The Bertz CT molecular complexity index is 435. The van der Waals surface area contributed by atoms with Gasteiger partial charge in [-0.2, -0.15) is 0 Å². The number of ether oxygens (including phenoxy) is 1. The highest BCUT2D eigenvalue weighted by Crippen LogP contribution is 2.17. The second-order valence-corrected chi connectivity index (χ2v) is 5.14. The van der Waals surface area contributed by atoms with Gasteiger partial charge in [0.2, 0.25) is 0 Å². The zero-order valence-electron chi connectivity index (χ0n) is 10.8. The van der Waals surface area contributed by atoms with Crippen molar-refractivity contribution in [3.05, 3.63) is 17.0 Å². The molecule has 2 heterocycles.